The summed E-state index contributed by atoms with van der Waals surface area (Å²) in [5, 5.41) is 7.51. The van der Waals surface area contributed by atoms with Crippen LogP contribution >= 0.6 is 0 Å². The number of para-hydroxylation sites is 1. The summed E-state index contributed by atoms with van der Waals surface area (Å²) >= 11 is 0. The van der Waals surface area contributed by atoms with Crippen LogP contribution in [0.3, 0.4) is 0 Å². The number of amidine groups is 1. The highest BCUT2D eigenvalue weighted by molar-refractivity contribution is 5.98. The van der Waals surface area contributed by atoms with Crippen LogP contribution in [0.5, 0.6) is 11.5 Å². The van der Waals surface area contributed by atoms with E-state index in [0.717, 1.165) is 5.56 Å². The SMILES string of the molecule is Cc1cccc(C(=N)N)c1Oc1ccc(F)cc1. The number of hydrogen-bond donors (Lipinski definition) is 2. The Morgan fingerprint density at radius 2 is 1.83 bits per heavy atom. The molecule has 2 aromatic carbocycles. The van der Waals surface area contributed by atoms with Crippen LogP contribution in [-0.4, -0.2) is 5.84 Å². The van der Waals surface area contributed by atoms with Crippen molar-refractivity contribution in [3.05, 3.63) is 59.4 Å². The molecule has 0 aliphatic carbocycles. The third-order valence-electron chi connectivity index (χ3n) is 2.54. The maximum absolute atomic E-state index is 12.8. The predicted molar refractivity (Wildman–Crippen MR) is 68.7 cm³/mol. The van der Waals surface area contributed by atoms with Crippen molar-refractivity contribution >= 4 is 5.84 Å². The summed E-state index contributed by atoms with van der Waals surface area (Å²) in [7, 11) is 0. The largest absolute Gasteiger partial charge is 0.456 e. The average molecular weight is 244 g/mol. The van der Waals surface area contributed by atoms with Crippen LogP contribution in [0.25, 0.3) is 0 Å². The minimum Gasteiger partial charge on any atom is -0.456 e. The van der Waals surface area contributed by atoms with Gasteiger partial charge in [-0.1, -0.05) is 12.1 Å². The van der Waals surface area contributed by atoms with Gasteiger partial charge in [0.2, 0.25) is 0 Å². The summed E-state index contributed by atoms with van der Waals surface area (Å²) in [5.74, 6) is 0.652. The minimum absolute atomic E-state index is 0.0594. The molecule has 0 spiro atoms. The molecule has 2 rings (SSSR count). The molecule has 0 radical (unpaired) electrons. The molecule has 0 saturated heterocycles. The molecule has 0 bridgehead atoms. The van der Waals surface area contributed by atoms with Gasteiger partial charge in [0, 0.05) is 0 Å². The summed E-state index contributed by atoms with van der Waals surface area (Å²) in [4.78, 5) is 0. The first-order valence-corrected chi connectivity index (χ1v) is 5.45. The maximum Gasteiger partial charge on any atom is 0.141 e. The molecule has 3 N–H and O–H groups in total. The Balaban J connectivity index is 2.39. The quantitative estimate of drug-likeness (QED) is 0.643. The molecular weight excluding hydrogens is 231 g/mol. The number of nitrogens with one attached hydrogen (secondary N) is 1. The van der Waals surface area contributed by atoms with Gasteiger partial charge in [-0.15, -0.1) is 0 Å². The molecule has 18 heavy (non-hydrogen) atoms. The van der Waals surface area contributed by atoms with Crippen molar-refractivity contribution in [3.8, 4) is 11.5 Å². The van der Waals surface area contributed by atoms with E-state index in [1.165, 1.54) is 24.3 Å². The van der Waals surface area contributed by atoms with Crippen LogP contribution in [0.2, 0.25) is 0 Å². The molecule has 0 amide bonds. The number of rotatable bonds is 3. The number of aryl methyl sites for hydroxylation is 1. The Bertz CT molecular complexity index is 579. The van der Waals surface area contributed by atoms with Crippen LogP contribution in [-0.2, 0) is 0 Å². The van der Waals surface area contributed by atoms with Gasteiger partial charge < -0.3 is 10.5 Å². The van der Waals surface area contributed by atoms with E-state index in [1.54, 1.807) is 6.07 Å². The van der Waals surface area contributed by atoms with E-state index >= 15 is 0 Å². The summed E-state index contributed by atoms with van der Waals surface area (Å²) in [6, 6.07) is 11.1. The summed E-state index contributed by atoms with van der Waals surface area (Å²) in [6.45, 7) is 1.87. The first kappa shape index (κ1) is 12.1. The van der Waals surface area contributed by atoms with Crippen LogP contribution in [0.15, 0.2) is 42.5 Å². The molecule has 0 aromatic heterocycles. The molecule has 4 heteroatoms. The van der Waals surface area contributed by atoms with Crippen molar-refractivity contribution in [2.45, 2.75) is 6.92 Å². The number of benzene rings is 2. The third-order valence-corrected chi connectivity index (χ3v) is 2.54. The molecule has 0 fully saturated rings. The molecule has 0 aliphatic heterocycles. The smallest absolute Gasteiger partial charge is 0.141 e. The fourth-order valence-corrected chi connectivity index (χ4v) is 1.62. The number of nitrogens with two attached hydrogens (primary N) is 1. The van der Waals surface area contributed by atoms with Crippen molar-refractivity contribution in [3.63, 3.8) is 0 Å². The lowest BCUT2D eigenvalue weighted by atomic mass is 10.1. The second-order valence-corrected chi connectivity index (χ2v) is 3.92. The summed E-state index contributed by atoms with van der Waals surface area (Å²) < 4.78 is 18.5. The van der Waals surface area contributed by atoms with E-state index in [0.29, 0.717) is 17.1 Å². The van der Waals surface area contributed by atoms with E-state index in [-0.39, 0.29) is 11.7 Å². The van der Waals surface area contributed by atoms with Gasteiger partial charge in [-0.3, -0.25) is 5.41 Å². The lowest BCUT2D eigenvalue weighted by molar-refractivity contribution is 0.476. The standard InChI is InChI=1S/C14H13FN2O/c1-9-3-2-4-12(14(16)17)13(9)18-11-7-5-10(15)6-8-11/h2-8H,1H3,(H3,16,17). The van der Waals surface area contributed by atoms with Crippen molar-refractivity contribution in [1.82, 2.24) is 0 Å². The van der Waals surface area contributed by atoms with E-state index in [1.807, 2.05) is 19.1 Å². The van der Waals surface area contributed by atoms with E-state index in [2.05, 4.69) is 0 Å². The second-order valence-electron chi connectivity index (χ2n) is 3.92. The molecule has 0 atom stereocenters. The van der Waals surface area contributed by atoms with Gasteiger partial charge in [-0.25, -0.2) is 4.39 Å². The Morgan fingerprint density at radius 1 is 1.17 bits per heavy atom. The highest BCUT2D eigenvalue weighted by Gasteiger charge is 2.10. The molecule has 92 valence electrons. The van der Waals surface area contributed by atoms with Gasteiger partial charge in [0.25, 0.3) is 0 Å². The number of halogens is 1. The topological polar surface area (TPSA) is 59.1 Å². The van der Waals surface area contributed by atoms with Crippen molar-refractivity contribution in [2.75, 3.05) is 0 Å². The number of hydrogen-bond acceptors (Lipinski definition) is 2. The molecule has 2 aromatic rings. The Hall–Kier alpha value is -2.36. The second kappa shape index (κ2) is 4.87. The van der Waals surface area contributed by atoms with Crippen LogP contribution < -0.4 is 10.5 Å². The predicted octanol–water partition coefficient (Wildman–Crippen LogP) is 3.21. The zero-order valence-corrected chi connectivity index (χ0v) is 9.91. The molecule has 0 aliphatic rings. The zero-order valence-electron chi connectivity index (χ0n) is 9.91. The lowest BCUT2D eigenvalue weighted by Crippen LogP contribution is -2.12. The fourth-order valence-electron chi connectivity index (χ4n) is 1.62. The van der Waals surface area contributed by atoms with E-state index < -0.39 is 0 Å². The highest BCUT2D eigenvalue weighted by atomic mass is 19.1. The molecule has 0 saturated carbocycles. The maximum atomic E-state index is 12.8. The van der Waals surface area contributed by atoms with Crippen LogP contribution in [0.1, 0.15) is 11.1 Å². The van der Waals surface area contributed by atoms with Gasteiger partial charge in [0.05, 0.1) is 5.56 Å². The van der Waals surface area contributed by atoms with Gasteiger partial charge in [-0.05, 0) is 42.8 Å². The lowest BCUT2D eigenvalue weighted by Gasteiger charge is -2.12. The zero-order chi connectivity index (χ0) is 13.1. The number of nitrogen functional groups attached to an aromatic ring is 1. The normalized spacial score (nSPS) is 10.1. The molecule has 3 nitrogen and oxygen atoms in total. The molecule has 0 unspecified atom stereocenters. The van der Waals surface area contributed by atoms with Crippen LogP contribution in [0.4, 0.5) is 4.39 Å². The van der Waals surface area contributed by atoms with E-state index in [9.17, 15) is 4.39 Å². The Labute approximate surface area is 105 Å². The van der Waals surface area contributed by atoms with E-state index in [4.69, 9.17) is 15.9 Å². The van der Waals surface area contributed by atoms with Crippen molar-refractivity contribution < 1.29 is 9.13 Å². The third kappa shape index (κ3) is 2.48. The van der Waals surface area contributed by atoms with Gasteiger partial charge in [0.15, 0.2) is 0 Å². The molecule has 0 heterocycles. The minimum atomic E-state index is -0.320. The van der Waals surface area contributed by atoms with Crippen molar-refractivity contribution in [1.29, 1.82) is 5.41 Å². The van der Waals surface area contributed by atoms with Gasteiger partial charge >= 0.3 is 0 Å². The van der Waals surface area contributed by atoms with Crippen molar-refractivity contribution in [2.24, 2.45) is 5.73 Å². The van der Waals surface area contributed by atoms with Gasteiger partial charge in [-0.2, -0.15) is 0 Å². The number of ether oxygens (including phenoxy) is 1. The first-order valence-electron chi connectivity index (χ1n) is 5.45. The van der Waals surface area contributed by atoms with Crippen LogP contribution in [0, 0.1) is 18.2 Å². The highest BCUT2D eigenvalue weighted by Crippen LogP contribution is 2.28. The summed E-state index contributed by atoms with van der Waals surface area (Å²) in [6.07, 6.45) is 0. The van der Waals surface area contributed by atoms with Gasteiger partial charge in [0.1, 0.15) is 23.2 Å². The Kier molecular flexibility index (Phi) is 3.28. The first-order chi connectivity index (χ1) is 8.58. The summed E-state index contributed by atoms with van der Waals surface area (Å²) in [5.41, 5.74) is 6.90. The average Bonchev–Trinajstić information content (AvgIpc) is 2.34. The fraction of sp³-hybridized carbons (Fsp3) is 0.0714. The Morgan fingerprint density at radius 3 is 2.44 bits per heavy atom. The monoisotopic (exact) mass is 244 g/mol. The molecular formula is C14H13FN2O.